The van der Waals surface area contributed by atoms with Crippen LogP contribution in [0.4, 0.5) is 0 Å². The molecule has 0 radical (unpaired) electrons. The van der Waals surface area contributed by atoms with Crippen LogP contribution in [0.2, 0.25) is 23.7 Å². The zero-order valence-electron chi connectivity index (χ0n) is 19.5. The van der Waals surface area contributed by atoms with Gasteiger partial charge in [0.05, 0.1) is 21.3 Å². The van der Waals surface area contributed by atoms with Crippen LogP contribution in [0, 0.1) is 0 Å². The standard InChI is InChI=1S/C22H43NO5Si/c1-7-13-14-15-16-17-18(29(10-4,11-5)12-6)20(24)23-19(21(25)27-8-2)22(26)28-9-3/h18-19H,7-17H2,1-6H3,(H,23,24). The van der Waals surface area contributed by atoms with Gasteiger partial charge in [0.25, 0.3) is 0 Å². The molecule has 1 N–H and O–H groups in total. The molecule has 1 amide bonds. The van der Waals surface area contributed by atoms with Crippen molar-refractivity contribution < 1.29 is 23.9 Å². The summed E-state index contributed by atoms with van der Waals surface area (Å²) in [6.07, 6.45) is 6.49. The van der Waals surface area contributed by atoms with Crippen LogP contribution in [0.3, 0.4) is 0 Å². The number of carbonyl (C=O) groups excluding carboxylic acids is 3. The minimum absolute atomic E-state index is 0.115. The Bertz CT molecular complexity index is 467. The van der Waals surface area contributed by atoms with E-state index in [4.69, 9.17) is 9.47 Å². The summed E-state index contributed by atoms with van der Waals surface area (Å²) in [6.45, 7) is 12.3. The van der Waals surface area contributed by atoms with Crippen LogP contribution >= 0.6 is 0 Å². The van der Waals surface area contributed by atoms with Crippen LogP contribution in [-0.2, 0) is 23.9 Å². The lowest BCUT2D eigenvalue weighted by atomic mass is 10.1. The molecular formula is C22H43NO5Si. The molecule has 170 valence electrons. The molecule has 0 saturated carbocycles. The van der Waals surface area contributed by atoms with Crippen molar-refractivity contribution in [3.63, 3.8) is 0 Å². The predicted octanol–water partition coefficient (Wildman–Crippen LogP) is 4.84. The lowest BCUT2D eigenvalue weighted by Gasteiger charge is -2.37. The van der Waals surface area contributed by atoms with E-state index in [1.165, 1.54) is 19.3 Å². The maximum atomic E-state index is 13.3. The Balaban J connectivity index is 5.50. The smallest absolute Gasteiger partial charge is 0.340 e. The van der Waals surface area contributed by atoms with Crippen LogP contribution in [0.15, 0.2) is 0 Å². The second-order valence-corrected chi connectivity index (χ2v) is 13.2. The fraction of sp³-hybridized carbons (Fsp3) is 0.864. The van der Waals surface area contributed by atoms with Crippen molar-refractivity contribution in [3.05, 3.63) is 0 Å². The number of hydrogen-bond donors (Lipinski definition) is 1. The average Bonchev–Trinajstić information content (AvgIpc) is 2.71. The van der Waals surface area contributed by atoms with Gasteiger partial charge >= 0.3 is 11.9 Å². The van der Waals surface area contributed by atoms with Crippen LogP contribution in [-0.4, -0.2) is 45.2 Å². The van der Waals surface area contributed by atoms with Gasteiger partial charge < -0.3 is 14.8 Å². The maximum Gasteiger partial charge on any atom is 0.340 e. The Labute approximate surface area is 178 Å². The van der Waals surface area contributed by atoms with Crippen molar-refractivity contribution in [2.24, 2.45) is 0 Å². The molecule has 0 aliphatic carbocycles. The molecule has 0 aromatic carbocycles. The van der Waals surface area contributed by atoms with E-state index in [2.05, 4.69) is 33.0 Å². The molecule has 29 heavy (non-hydrogen) atoms. The minimum Gasteiger partial charge on any atom is -0.464 e. The highest BCUT2D eigenvalue weighted by Gasteiger charge is 2.42. The molecule has 0 fully saturated rings. The van der Waals surface area contributed by atoms with Gasteiger partial charge in [0.1, 0.15) is 0 Å². The predicted molar refractivity (Wildman–Crippen MR) is 120 cm³/mol. The highest BCUT2D eigenvalue weighted by atomic mass is 28.3. The summed E-state index contributed by atoms with van der Waals surface area (Å²) < 4.78 is 10.00. The van der Waals surface area contributed by atoms with E-state index in [-0.39, 0.29) is 24.7 Å². The number of amides is 1. The first-order chi connectivity index (χ1) is 13.9. The first-order valence-electron chi connectivity index (χ1n) is 11.5. The Morgan fingerprint density at radius 1 is 0.759 bits per heavy atom. The van der Waals surface area contributed by atoms with E-state index >= 15 is 0 Å². The van der Waals surface area contributed by atoms with Crippen molar-refractivity contribution in [3.8, 4) is 0 Å². The Morgan fingerprint density at radius 2 is 1.24 bits per heavy atom. The highest BCUT2D eigenvalue weighted by Crippen LogP contribution is 2.37. The third-order valence-corrected chi connectivity index (χ3v) is 12.3. The van der Waals surface area contributed by atoms with Gasteiger partial charge in [0.2, 0.25) is 11.9 Å². The summed E-state index contributed by atoms with van der Waals surface area (Å²) in [5.41, 5.74) is -0.115. The van der Waals surface area contributed by atoms with E-state index < -0.39 is 26.1 Å². The monoisotopic (exact) mass is 429 g/mol. The highest BCUT2D eigenvalue weighted by molar-refractivity contribution is 6.83. The Hall–Kier alpha value is -1.37. The molecule has 0 aromatic rings. The molecule has 0 rings (SSSR count). The normalized spacial score (nSPS) is 12.5. The number of ether oxygens (including phenoxy) is 2. The Morgan fingerprint density at radius 3 is 1.66 bits per heavy atom. The quantitative estimate of drug-likeness (QED) is 0.164. The molecule has 0 aliphatic heterocycles. The molecule has 1 unspecified atom stereocenters. The SMILES string of the molecule is CCCCCCCC(C(=O)NC(C(=O)OCC)C(=O)OCC)[Si](CC)(CC)CC. The van der Waals surface area contributed by atoms with Crippen molar-refractivity contribution in [2.75, 3.05) is 13.2 Å². The van der Waals surface area contributed by atoms with Gasteiger partial charge in [0.15, 0.2) is 0 Å². The number of carbonyl (C=O) groups is 3. The molecule has 0 heterocycles. The summed E-state index contributed by atoms with van der Waals surface area (Å²) >= 11 is 0. The van der Waals surface area contributed by atoms with E-state index in [1.807, 2.05) is 0 Å². The Kier molecular flexibility index (Phi) is 14.7. The van der Waals surface area contributed by atoms with Crippen LogP contribution in [0.25, 0.3) is 0 Å². The second-order valence-electron chi connectivity index (χ2n) is 7.62. The summed E-state index contributed by atoms with van der Waals surface area (Å²) in [7, 11) is -1.87. The number of esters is 2. The van der Waals surface area contributed by atoms with E-state index in [9.17, 15) is 14.4 Å². The lowest BCUT2D eigenvalue weighted by Crippen LogP contribution is -2.53. The zero-order valence-corrected chi connectivity index (χ0v) is 20.5. The average molecular weight is 430 g/mol. The molecule has 6 nitrogen and oxygen atoms in total. The van der Waals surface area contributed by atoms with Crippen molar-refractivity contribution in [1.29, 1.82) is 0 Å². The molecule has 0 aliphatic rings. The summed E-state index contributed by atoms with van der Waals surface area (Å²) in [4.78, 5) is 37.9. The lowest BCUT2D eigenvalue weighted by molar-refractivity contribution is -0.159. The topological polar surface area (TPSA) is 81.7 Å². The van der Waals surface area contributed by atoms with Crippen molar-refractivity contribution in [2.45, 2.75) is 110 Å². The number of unbranched alkanes of at least 4 members (excludes halogenated alkanes) is 4. The third kappa shape index (κ3) is 8.89. The minimum atomic E-state index is -1.87. The van der Waals surface area contributed by atoms with E-state index in [0.29, 0.717) is 0 Å². The molecule has 7 heteroatoms. The third-order valence-electron chi connectivity index (χ3n) is 6.10. The van der Waals surface area contributed by atoms with Gasteiger partial charge in [-0.25, -0.2) is 9.59 Å². The number of hydrogen-bond acceptors (Lipinski definition) is 5. The van der Waals surface area contributed by atoms with Gasteiger partial charge in [-0.2, -0.15) is 0 Å². The second kappa shape index (κ2) is 15.5. The van der Waals surface area contributed by atoms with E-state index in [1.54, 1.807) is 13.8 Å². The largest absolute Gasteiger partial charge is 0.464 e. The van der Waals surface area contributed by atoms with Crippen LogP contribution < -0.4 is 5.32 Å². The fourth-order valence-corrected chi connectivity index (χ4v) is 8.50. The van der Waals surface area contributed by atoms with E-state index in [0.717, 1.165) is 37.4 Å². The van der Waals surface area contributed by atoms with Crippen molar-refractivity contribution >= 4 is 25.9 Å². The molecule has 1 atom stereocenters. The van der Waals surface area contributed by atoms with Crippen LogP contribution in [0.5, 0.6) is 0 Å². The maximum absolute atomic E-state index is 13.3. The van der Waals surface area contributed by atoms with Gasteiger partial charge in [0, 0.05) is 5.54 Å². The molecule has 0 aromatic heterocycles. The number of rotatable bonds is 16. The first-order valence-corrected chi connectivity index (χ1v) is 14.2. The molecular weight excluding hydrogens is 386 g/mol. The van der Waals surface area contributed by atoms with Gasteiger partial charge in [-0.1, -0.05) is 77.9 Å². The molecule has 0 spiro atoms. The van der Waals surface area contributed by atoms with Gasteiger partial charge in [-0.15, -0.1) is 0 Å². The van der Waals surface area contributed by atoms with Crippen molar-refractivity contribution in [1.82, 2.24) is 5.32 Å². The first kappa shape index (κ1) is 27.6. The molecule has 0 saturated heterocycles. The summed E-state index contributed by atoms with van der Waals surface area (Å²) in [6, 6.07) is 1.64. The number of nitrogens with one attached hydrogen (secondary N) is 1. The van der Waals surface area contributed by atoms with Crippen LogP contribution in [0.1, 0.15) is 80.1 Å². The summed E-state index contributed by atoms with van der Waals surface area (Å²) in [5, 5.41) is 2.69. The summed E-state index contributed by atoms with van der Waals surface area (Å²) in [5.74, 6) is -1.70. The molecule has 0 bridgehead atoms. The fourth-order valence-electron chi connectivity index (χ4n) is 4.06. The van der Waals surface area contributed by atoms with Gasteiger partial charge in [-0.05, 0) is 20.3 Å². The van der Waals surface area contributed by atoms with Gasteiger partial charge in [-0.3, -0.25) is 4.79 Å². The zero-order chi connectivity index (χ0) is 22.3.